The van der Waals surface area contributed by atoms with Gasteiger partial charge in [-0.25, -0.2) is 0 Å². The van der Waals surface area contributed by atoms with E-state index >= 15 is 0 Å². The van der Waals surface area contributed by atoms with Gasteiger partial charge in [-0.1, -0.05) is 32.0 Å². The molecule has 0 fully saturated rings. The highest BCUT2D eigenvalue weighted by molar-refractivity contribution is 5.42. The number of para-hydroxylation sites is 1. The van der Waals surface area contributed by atoms with Crippen LogP contribution in [0.3, 0.4) is 0 Å². The molecule has 1 aromatic carbocycles. The molecule has 0 saturated carbocycles. The highest BCUT2D eigenvalue weighted by Gasteiger charge is 2.20. The summed E-state index contributed by atoms with van der Waals surface area (Å²) in [6, 6.07) is 10.1. The fraction of sp³-hybridized carbons (Fsp3) is 0.500. The Morgan fingerprint density at radius 1 is 1.29 bits per heavy atom. The third-order valence-electron chi connectivity index (χ3n) is 2.73. The Kier molecular flexibility index (Phi) is 3.96. The van der Waals surface area contributed by atoms with E-state index in [0.29, 0.717) is 0 Å². The summed E-state index contributed by atoms with van der Waals surface area (Å²) in [6.07, 6.45) is 0.976. The summed E-state index contributed by atoms with van der Waals surface area (Å²) in [5, 5.41) is 12.6. The molecule has 0 aromatic heterocycles. The Morgan fingerprint density at radius 3 is 2.43 bits per heavy atom. The number of aliphatic hydroxyl groups is 1. The largest absolute Gasteiger partial charge is 0.396 e. The Labute approximate surface area is 86.0 Å². The SMILES string of the molecule is CCC(C)(CO)CNc1ccccc1. The van der Waals surface area contributed by atoms with Crippen molar-refractivity contribution in [1.29, 1.82) is 0 Å². The van der Waals surface area contributed by atoms with Gasteiger partial charge in [0.1, 0.15) is 0 Å². The zero-order chi connectivity index (χ0) is 10.4. The van der Waals surface area contributed by atoms with Crippen molar-refractivity contribution in [3.8, 4) is 0 Å². The van der Waals surface area contributed by atoms with Crippen molar-refractivity contribution >= 4 is 5.69 Å². The monoisotopic (exact) mass is 193 g/mol. The first-order valence-corrected chi connectivity index (χ1v) is 5.10. The van der Waals surface area contributed by atoms with E-state index in [4.69, 9.17) is 0 Å². The van der Waals surface area contributed by atoms with E-state index in [1.807, 2.05) is 30.3 Å². The fourth-order valence-electron chi connectivity index (χ4n) is 1.16. The molecule has 0 amide bonds. The number of hydrogen-bond donors (Lipinski definition) is 2. The first-order chi connectivity index (χ1) is 6.70. The normalized spacial score (nSPS) is 14.8. The van der Waals surface area contributed by atoms with Crippen LogP contribution in [0.25, 0.3) is 0 Å². The van der Waals surface area contributed by atoms with Gasteiger partial charge >= 0.3 is 0 Å². The van der Waals surface area contributed by atoms with Crippen LogP contribution in [-0.2, 0) is 0 Å². The van der Waals surface area contributed by atoms with E-state index in [9.17, 15) is 5.11 Å². The number of aliphatic hydroxyl groups excluding tert-OH is 1. The van der Waals surface area contributed by atoms with Gasteiger partial charge < -0.3 is 10.4 Å². The van der Waals surface area contributed by atoms with Crippen LogP contribution in [0.2, 0.25) is 0 Å². The van der Waals surface area contributed by atoms with Gasteiger partial charge in [0.05, 0.1) is 6.61 Å². The molecule has 78 valence electrons. The fourth-order valence-corrected chi connectivity index (χ4v) is 1.16. The van der Waals surface area contributed by atoms with Gasteiger partial charge in [0, 0.05) is 17.6 Å². The molecule has 0 bridgehead atoms. The summed E-state index contributed by atoms with van der Waals surface area (Å²) in [5.41, 5.74) is 1.09. The minimum atomic E-state index is -0.0180. The van der Waals surface area contributed by atoms with E-state index in [-0.39, 0.29) is 12.0 Å². The number of benzene rings is 1. The number of nitrogens with one attached hydrogen (secondary N) is 1. The van der Waals surface area contributed by atoms with Gasteiger partial charge in [-0.05, 0) is 18.6 Å². The van der Waals surface area contributed by atoms with Crippen LogP contribution in [0.4, 0.5) is 5.69 Å². The van der Waals surface area contributed by atoms with Crippen LogP contribution >= 0.6 is 0 Å². The maximum atomic E-state index is 9.22. The Hall–Kier alpha value is -1.02. The average molecular weight is 193 g/mol. The Bertz CT molecular complexity index is 254. The zero-order valence-electron chi connectivity index (χ0n) is 8.96. The quantitative estimate of drug-likeness (QED) is 0.753. The third-order valence-corrected chi connectivity index (χ3v) is 2.73. The molecule has 2 nitrogen and oxygen atoms in total. The summed E-state index contributed by atoms with van der Waals surface area (Å²) in [5.74, 6) is 0. The molecule has 2 heteroatoms. The van der Waals surface area contributed by atoms with Crippen LogP contribution in [0, 0.1) is 5.41 Å². The van der Waals surface area contributed by atoms with Crippen LogP contribution in [0.15, 0.2) is 30.3 Å². The molecular weight excluding hydrogens is 174 g/mol. The molecule has 0 aliphatic carbocycles. The Morgan fingerprint density at radius 2 is 1.93 bits per heavy atom. The van der Waals surface area contributed by atoms with E-state index < -0.39 is 0 Å². The van der Waals surface area contributed by atoms with Crippen molar-refractivity contribution in [2.24, 2.45) is 5.41 Å². The van der Waals surface area contributed by atoms with Crippen molar-refractivity contribution < 1.29 is 5.11 Å². The molecule has 0 aliphatic rings. The minimum absolute atomic E-state index is 0.0180. The highest BCUT2D eigenvalue weighted by Crippen LogP contribution is 2.20. The lowest BCUT2D eigenvalue weighted by Gasteiger charge is -2.26. The lowest BCUT2D eigenvalue weighted by atomic mass is 9.88. The number of rotatable bonds is 5. The van der Waals surface area contributed by atoms with E-state index in [0.717, 1.165) is 18.7 Å². The van der Waals surface area contributed by atoms with Crippen LogP contribution in [0.5, 0.6) is 0 Å². The Balaban J connectivity index is 2.48. The first-order valence-electron chi connectivity index (χ1n) is 5.10. The smallest absolute Gasteiger partial charge is 0.0501 e. The summed E-state index contributed by atoms with van der Waals surface area (Å²) in [6.45, 7) is 5.22. The summed E-state index contributed by atoms with van der Waals surface area (Å²) >= 11 is 0. The summed E-state index contributed by atoms with van der Waals surface area (Å²) < 4.78 is 0. The molecule has 1 atom stereocenters. The molecule has 2 N–H and O–H groups in total. The van der Waals surface area contributed by atoms with Crippen molar-refractivity contribution in [2.45, 2.75) is 20.3 Å². The van der Waals surface area contributed by atoms with Crippen molar-refractivity contribution in [2.75, 3.05) is 18.5 Å². The van der Waals surface area contributed by atoms with Gasteiger partial charge in [0.2, 0.25) is 0 Å². The second-order valence-electron chi connectivity index (χ2n) is 4.04. The van der Waals surface area contributed by atoms with Crippen molar-refractivity contribution in [3.05, 3.63) is 30.3 Å². The molecule has 0 heterocycles. The molecule has 1 aromatic rings. The van der Waals surface area contributed by atoms with Gasteiger partial charge in [-0.15, -0.1) is 0 Å². The molecule has 0 aliphatic heterocycles. The van der Waals surface area contributed by atoms with Crippen molar-refractivity contribution in [1.82, 2.24) is 0 Å². The molecule has 0 radical (unpaired) electrons. The standard InChI is InChI=1S/C12H19NO/c1-3-12(2,10-14)9-13-11-7-5-4-6-8-11/h4-8,13-14H,3,9-10H2,1-2H3. The molecular formula is C12H19NO. The van der Waals surface area contributed by atoms with Crippen LogP contribution in [0.1, 0.15) is 20.3 Å². The third kappa shape index (κ3) is 3.04. The van der Waals surface area contributed by atoms with Gasteiger partial charge in [-0.2, -0.15) is 0 Å². The van der Waals surface area contributed by atoms with Crippen LogP contribution in [-0.4, -0.2) is 18.3 Å². The van der Waals surface area contributed by atoms with Gasteiger partial charge in [0.15, 0.2) is 0 Å². The van der Waals surface area contributed by atoms with Gasteiger partial charge in [0.25, 0.3) is 0 Å². The van der Waals surface area contributed by atoms with E-state index in [1.165, 1.54) is 0 Å². The minimum Gasteiger partial charge on any atom is -0.396 e. The molecule has 0 spiro atoms. The topological polar surface area (TPSA) is 32.3 Å². The zero-order valence-corrected chi connectivity index (χ0v) is 8.96. The van der Waals surface area contributed by atoms with E-state index in [1.54, 1.807) is 0 Å². The lowest BCUT2D eigenvalue weighted by molar-refractivity contribution is 0.149. The van der Waals surface area contributed by atoms with Gasteiger partial charge in [-0.3, -0.25) is 0 Å². The molecule has 0 saturated heterocycles. The number of hydrogen-bond acceptors (Lipinski definition) is 2. The number of anilines is 1. The van der Waals surface area contributed by atoms with Crippen molar-refractivity contribution in [3.63, 3.8) is 0 Å². The summed E-state index contributed by atoms with van der Waals surface area (Å²) in [7, 11) is 0. The summed E-state index contributed by atoms with van der Waals surface area (Å²) in [4.78, 5) is 0. The molecule has 14 heavy (non-hydrogen) atoms. The lowest BCUT2D eigenvalue weighted by Crippen LogP contribution is -2.29. The maximum absolute atomic E-state index is 9.22. The predicted octanol–water partition coefficient (Wildman–Crippen LogP) is 2.51. The highest BCUT2D eigenvalue weighted by atomic mass is 16.3. The first kappa shape index (κ1) is 11.1. The van der Waals surface area contributed by atoms with Crippen LogP contribution < -0.4 is 5.32 Å². The molecule has 1 unspecified atom stereocenters. The average Bonchev–Trinajstić information content (AvgIpc) is 2.27. The van der Waals surface area contributed by atoms with E-state index in [2.05, 4.69) is 19.2 Å². The molecule has 1 rings (SSSR count). The second-order valence-corrected chi connectivity index (χ2v) is 4.04. The maximum Gasteiger partial charge on any atom is 0.0501 e. The predicted molar refractivity (Wildman–Crippen MR) is 60.4 cm³/mol. The second kappa shape index (κ2) is 5.01.